The molecule has 0 aromatic heterocycles. The zero-order valence-corrected chi connectivity index (χ0v) is 12.6. The number of nitrogens with zero attached hydrogens (tertiary/aromatic N) is 1. The summed E-state index contributed by atoms with van der Waals surface area (Å²) in [5, 5.41) is 0. The first kappa shape index (κ1) is 14.8. The molecule has 6 heteroatoms. The second-order valence-electron chi connectivity index (χ2n) is 6.06. The standard InChI is InChI=1S/C13H24N2O3S/c1-3-15(10-6-8-19(17,18)9-10)12(16)13(2)7-4-5-11(13)14/h10-11H,3-9,14H2,1-2H3. The molecule has 5 nitrogen and oxygen atoms in total. The molecule has 0 bridgehead atoms. The molecular formula is C13H24N2O3S. The van der Waals surface area contributed by atoms with Gasteiger partial charge in [0.05, 0.1) is 16.9 Å². The van der Waals surface area contributed by atoms with Gasteiger partial charge in [0, 0.05) is 18.6 Å². The van der Waals surface area contributed by atoms with Crippen LogP contribution < -0.4 is 5.73 Å². The number of nitrogens with two attached hydrogens (primary N) is 1. The molecule has 19 heavy (non-hydrogen) atoms. The van der Waals surface area contributed by atoms with E-state index in [0.717, 1.165) is 19.3 Å². The maximum atomic E-state index is 12.8. The molecule has 2 fully saturated rings. The number of hydrogen-bond donors (Lipinski definition) is 1. The predicted octanol–water partition coefficient (Wildman–Crippen LogP) is 0.540. The third-order valence-corrected chi connectivity index (χ3v) is 6.52. The van der Waals surface area contributed by atoms with Gasteiger partial charge in [-0.05, 0) is 33.1 Å². The molecule has 1 saturated heterocycles. The number of rotatable bonds is 3. The van der Waals surface area contributed by atoms with Crippen LogP contribution in [0.25, 0.3) is 0 Å². The zero-order valence-electron chi connectivity index (χ0n) is 11.8. The van der Waals surface area contributed by atoms with E-state index in [2.05, 4.69) is 0 Å². The van der Waals surface area contributed by atoms with Crippen LogP contribution in [0.5, 0.6) is 0 Å². The van der Waals surface area contributed by atoms with Crippen LogP contribution in [-0.2, 0) is 14.6 Å². The molecule has 1 heterocycles. The lowest BCUT2D eigenvalue weighted by atomic mass is 9.83. The first-order valence-corrected chi connectivity index (χ1v) is 8.89. The van der Waals surface area contributed by atoms with Gasteiger partial charge < -0.3 is 10.6 Å². The Morgan fingerprint density at radius 1 is 1.42 bits per heavy atom. The Hall–Kier alpha value is -0.620. The van der Waals surface area contributed by atoms with Crippen molar-refractivity contribution in [2.75, 3.05) is 18.1 Å². The predicted molar refractivity (Wildman–Crippen MR) is 74.4 cm³/mol. The van der Waals surface area contributed by atoms with Gasteiger partial charge >= 0.3 is 0 Å². The lowest BCUT2D eigenvalue weighted by Gasteiger charge is -2.37. The van der Waals surface area contributed by atoms with Crippen molar-refractivity contribution in [3.05, 3.63) is 0 Å². The summed E-state index contributed by atoms with van der Waals surface area (Å²) in [5.41, 5.74) is 5.58. The third kappa shape index (κ3) is 2.65. The maximum absolute atomic E-state index is 12.8. The van der Waals surface area contributed by atoms with Crippen LogP contribution in [0, 0.1) is 5.41 Å². The van der Waals surface area contributed by atoms with Crippen molar-refractivity contribution >= 4 is 15.7 Å². The highest BCUT2D eigenvalue weighted by atomic mass is 32.2. The van der Waals surface area contributed by atoms with Crippen molar-refractivity contribution in [1.29, 1.82) is 0 Å². The van der Waals surface area contributed by atoms with Gasteiger partial charge in [0.25, 0.3) is 0 Å². The summed E-state index contributed by atoms with van der Waals surface area (Å²) in [4.78, 5) is 14.5. The second-order valence-corrected chi connectivity index (χ2v) is 8.29. The Labute approximate surface area is 115 Å². The van der Waals surface area contributed by atoms with E-state index in [1.807, 2.05) is 13.8 Å². The van der Waals surface area contributed by atoms with Gasteiger partial charge in [0.1, 0.15) is 0 Å². The Balaban J connectivity index is 2.16. The van der Waals surface area contributed by atoms with E-state index in [9.17, 15) is 13.2 Å². The Morgan fingerprint density at radius 2 is 2.11 bits per heavy atom. The quantitative estimate of drug-likeness (QED) is 0.822. The minimum absolute atomic E-state index is 0.0436. The molecule has 1 aliphatic heterocycles. The number of carbonyl (C=O) groups is 1. The van der Waals surface area contributed by atoms with Gasteiger partial charge in [0.2, 0.25) is 5.91 Å². The molecule has 0 radical (unpaired) electrons. The van der Waals surface area contributed by atoms with Crippen molar-refractivity contribution in [3.8, 4) is 0 Å². The van der Waals surface area contributed by atoms with Gasteiger partial charge in [-0.3, -0.25) is 4.79 Å². The highest BCUT2D eigenvalue weighted by molar-refractivity contribution is 7.91. The average Bonchev–Trinajstić information content (AvgIpc) is 2.85. The van der Waals surface area contributed by atoms with E-state index in [1.54, 1.807) is 4.90 Å². The summed E-state index contributed by atoms with van der Waals surface area (Å²) >= 11 is 0. The lowest BCUT2D eigenvalue weighted by molar-refractivity contribution is -0.143. The van der Waals surface area contributed by atoms with Crippen LogP contribution in [0.4, 0.5) is 0 Å². The molecular weight excluding hydrogens is 264 g/mol. The fourth-order valence-electron chi connectivity index (χ4n) is 3.38. The van der Waals surface area contributed by atoms with Crippen molar-refractivity contribution in [3.63, 3.8) is 0 Å². The number of sulfone groups is 1. The first-order valence-electron chi connectivity index (χ1n) is 7.07. The molecule has 1 saturated carbocycles. The minimum Gasteiger partial charge on any atom is -0.338 e. The van der Waals surface area contributed by atoms with E-state index in [4.69, 9.17) is 5.73 Å². The van der Waals surface area contributed by atoms with E-state index < -0.39 is 15.3 Å². The molecule has 2 N–H and O–H groups in total. The minimum atomic E-state index is -2.97. The number of hydrogen-bond acceptors (Lipinski definition) is 4. The van der Waals surface area contributed by atoms with Gasteiger partial charge in [-0.25, -0.2) is 8.42 Å². The third-order valence-electron chi connectivity index (χ3n) is 4.77. The molecule has 0 spiro atoms. The molecule has 1 aliphatic carbocycles. The van der Waals surface area contributed by atoms with Crippen LogP contribution in [0.3, 0.4) is 0 Å². The SMILES string of the molecule is CCN(C(=O)C1(C)CCCC1N)C1CCS(=O)(=O)C1. The Bertz CT molecular complexity index is 463. The van der Waals surface area contributed by atoms with E-state index in [0.29, 0.717) is 13.0 Å². The van der Waals surface area contributed by atoms with Crippen molar-refractivity contribution < 1.29 is 13.2 Å². The van der Waals surface area contributed by atoms with Gasteiger partial charge in [-0.1, -0.05) is 6.42 Å². The Morgan fingerprint density at radius 3 is 2.53 bits per heavy atom. The molecule has 110 valence electrons. The largest absolute Gasteiger partial charge is 0.338 e. The van der Waals surface area contributed by atoms with Crippen molar-refractivity contribution in [2.45, 2.75) is 51.6 Å². The van der Waals surface area contributed by atoms with Crippen LogP contribution in [-0.4, -0.2) is 49.4 Å². The molecule has 0 aromatic rings. The second kappa shape index (κ2) is 5.05. The summed E-state index contributed by atoms with van der Waals surface area (Å²) in [7, 11) is -2.97. The monoisotopic (exact) mass is 288 g/mol. The average molecular weight is 288 g/mol. The first-order chi connectivity index (χ1) is 8.80. The maximum Gasteiger partial charge on any atom is 0.230 e. The molecule has 3 atom stereocenters. The van der Waals surface area contributed by atoms with Crippen LogP contribution in [0.15, 0.2) is 0 Å². The number of amides is 1. The summed E-state index contributed by atoms with van der Waals surface area (Å²) in [6, 6.07) is -0.265. The molecule has 2 aliphatic rings. The van der Waals surface area contributed by atoms with Gasteiger partial charge in [-0.15, -0.1) is 0 Å². The smallest absolute Gasteiger partial charge is 0.230 e. The fourth-order valence-corrected chi connectivity index (χ4v) is 5.11. The summed E-state index contributed by atoms with van der Waals surface area (Å²) < 4.78 is 23.2. The molecule has 1 amide bonds. The molecule has 0 aromatic carbocycles. The van der Waals surface area contributed by atoms with Gasteiger partial charge in [0.15, 0.2) is 9.84 Å². The fraction of sp³-hybridized carbons (Fsp3) is 0.923. The van der Waals surface area contributed by atoms with Crippen LogP contribution in [0.2, 0.25) is 0 Å². The van der Waals surface area contributed by atoms with E-state index >= 15 is 0 Å². The van der Waals surface area contributed by atoms with Crippen LogP contribution in [0.1, 0.15) is 39.5 Å². The van der Waals surface area contributed by atoms with Crippen LogP contribution >= 0.6 is 0 Å². The van der Waals surface area contributed by atoms with Crippen molar-refractivity contribution in [2.24, 2.45) is 11.1 Å². The van der Waals surface area contributed by atoms with Gasteiger partial charge in [-0.2, -0.15) is 0 Å². The molecule has 3 unspecified atom stereocenters. The van der Waals surface area contributed by atoms with E-state index in [-0.39, 0.29) is 29.5 Å². The number of carbonyl (C=O) groups excluding carboxylic acids is 1. The summed E-state index contributed by atoms with van der Waals surface area (Å²) in [6.45, 7) is 4.40. The highest BCUT2D eigenvalue weighted by Crippen LogP contribution is 2.39. The lowest BCUT2D eigenvalue weighted by Crippen LogP contribution is -2.52. The Kier molecular flexibility index (Phi) is 3.93. The zero-order chi connectivity index (χ0) is 14.3. The summed E-state index contributed by atoms with van der Waals surface area (Å²) in [5.74, 6) is 0.351. The normalized spacial score (nSPS) is 37.4. The van der Waals surface area contributed by atoms with E-state index in [1.165, 1.54) is 0 Å². The summed E-state index contributed by atoms with van der Waals surface area (Å²) in [6.07, 6.45) is 3.23. The topological polar surface area (TPSA) is 80.5 Å². The van der Waals surface area contributed by atoms with Crippen molar-refractivity contribution in [1.82, 2.24) is 4.90 Å². The highest BCUT2D eigenvalue weighted by Gasteiger charge is 2.47. The molecule has 2 rings (SSSR count).